The van der Waals surface area contributed by atoms with E-state index in [2.05, 4.69) is 5.32 Å². The second-order valence-electron chi connectivity index (χ2n) is 3.97. The summed E-state index contributed by atoms with van der Waals surface area (Å²) in [5.74, 6) is -1.96. The third-order valence-corrected chi connectivity index (χ3v) is 2.82. The summed E-state index contributed by atoms with van der Waals surface area (Å²) in [6.45, 7) is 2.35. The van der Waals surface area contributed by atoms with E-state index in [0.717, 1.165) is 12.3 Å². The molecule has 0 aliphatic carbocycles. The molecule has 2 rings (SSSR count). The van der Waals surface area contributed by atoms with Gasteiger partial charge in [-0.2, -0.15) is 0 Å². The third kappa shape index (κ3) is 2.06. The summed E-state index contributed by atoms with van der Waals surface area (Å²) in [5.41, 5.74) is -0.0903. The van der Waals surface area contributed by atoms with Gasteiger partial charge in [-0.3, -0.25) is 9.59 Å². The number of hydrogen-bond donors (Lipinski definition) is 2. The fraction of sp³-hybridized carbons (Fsp3) is 0.364. The number of carboxylic acids is 1. The molecule has 18 heavy (non-hydrogen) atoms. The smallest absolute Gasteiger partial charge is 0.338 e. The highest BCUT2D eigenvalue weighted by molar-refractivity contribution is 5.98. The molecule has 2 N–H and O–H groups in total. The Labute approximate surface area is 102 Å². The molecule has 1 aromatic rings. The number of carbonyl (C=O) groups is 3. The number of aromatic carboxylic acids is 1. The van der Waals surface area contributed by atoms with Crippen molar-refractivity contribution in [1.82, 2.24) is 10.2 Å². The van der Waals surface area contributed by atoms with Gasteiger partial charge in [0.2, 0.25) is 5.91 Å². The number of rotatable bonds is 2. The molecule has 0 bridgehead atoms. The number of hydrogen-bond acceptors (Lipinski definition) is 4. The Bertz CT molecular complexity index is 507. The lowest BCUT2D eigenvalue weighted by atomic mass is 10.2. The monoisotopic (exact) mass is 252 g/mol. The molecule has 1 aliphatic heterocycles. The fourth-order valence-corrected chi connectivity index (χ4v) is 1.76. The zero-order chi connectivity index (χ0) is 13.3. The average Bonchev–Trinajstić information content (AvgIpc) is 2.81. The van der Waals surface area contributed by atoms with E-state index < -0.39 is 17.9 Å². The van der Waals surface area contributed by atoms with Crippen LogP contribution < -0.4 is 5.32 Å². The van der Waals surface area contributed by atoms with Crippen LogP contribution in [0.2, 0.25) is 0 Å². The maximum atomic E-state index is 12.1. The second kappa shape index (κ2) is 4.52. The van der Waals surface area contributed by atoms with Gasteiger partial charge >= 0.3 is 5.97 Å². The van der Waals surface area contributed by atoms with Gasteiger partial charge in [-0.15, -0.1) is 0 Å². The van der Waals surface area contributed by atoms with E-state index in [4.69, 9.17) is 9.52 Å². The van der Waals surface area contributed by atoms with Crippen molar-refractivity contribution < 1.29 is 23.9 Å². The van der Waals surface area contributed by atoms with E-state index >= 15 is 0 Å². The zero-order valence-corrected chi connectivity index (χ0v) is 9.67. The number of nitrogens with one attached hydrogen (secondary N) is 1. The molecule has 2 heterocycles. The van der Waals surface area contributed by atoms with Gasteiger partial charge in [-0.25, -0.2) is 4.79 Å². The van der Waals surface area contributed by atoms with Crippen molar-refractivity contribution in [2.24, 2.45) is 0 Å². The topological polar surface area (TPSA) is 99.9 Å². The van der Waals surface area contributed by atoms with E-state index in [1.54, 1.807) is 6.92 Å². The van der Waals surface area contributed by atoms with Crippen molar-refractivity contribution in [1.29, 1.82) is 0 Å². The quantitative estimate of drug-likeness (QED) is 0.768. The Balaban J connectivity index is 2.19. The van der Waals surface area contributed by atoms with Crippen molar-refractivity contribution in [3.8, 4) is 0 Å². The van der Waals surface area contributed by atoms with Crippen molar-refractivity contribution in [2.45, 2.75) is 13.0 Å². The first kappa shape index (κ1) is 12.2. The summed E-state index contributed by atoms with van der Waals surface area (Å²) < 4.78 is 4.92. The van der Waals surface area contributed by atoms with Crippen LogP contribution in [0.4, 0.5) is 0 Å². The normalized spacial score (nSPS) is 19.5. The maximum absolute atomic E-state index is 12.1. The molecule has 0 spiro atoms. The van der Waals surface area contributed by atoms with Crippen molar-refractivity contribution in [2.75, 3.05) is 13.1 Å². The standard InChI is InChI=1S/C11H12N2O5/c1-6-9(14)12-2-3-13(6)10(15)8-4-7(5-18-8)11(16)17/h4-6H,2-3H2,1H3,(H,12,14)(H,16,17). The third-order valence-electron chi connectivity index (χ3n) is 2.82. The highest BCUT2D eigenvalue weighted by Gasteiger charge is 2.31. The van der Waals surface area contributed by atoms with Crippen LogP contribution in [0.5, 0.6) is 0 Å². The van der Waals surface area contributed by atoms with Gasteiger partial charge in [0.05, 0.1) is 5.56 Å². The van der Waals surface area contributed by atoms with Crippen LogP contribution in [0.1, 0.15) is 27.8 Å². The Hall–Kier alpha value is -2.31. The molecule has 1 aromatic heterocycles. The Morgan fingerprint density at radius 3 is 2.89 bits per heavy atom. The maximum Gasteiger partial charge on any atom is 0.338 e. The van der Waals surface area contributed by atoms with Crippen molar-refractivity contribution >= 4 is 17.8 Å². The molecule has 96 valence electrons. The van der Waals surface area contributed by atoms with Gasteiger partial charge in [-0.05, 0) is 6.92 Å². The largest absolute Gasteiger partial charge is 0.478 e. The van der Waals surface area contributed by atoms with E-state index in [1.807, 2.05) is 0 Å². The van der Waals surface area contributed by atoms with E-state index in [1.165, 1.54) is 4.90 Å². The van der Waals surface area contributed by atoms with E-state index in [0.29, 0.717) is 13.1 Å². The highest BCUT2D eigenvalue weighted by Crippen LogP contribution is 2.14. The second-order valence-corrected chi connectivity index (χ2v) is 3.97. The van der Waals surface area contributed by atoms with Gasteiger partial charge in [-0.1, -0.05) is 0 Å². The minimum absolute atomic E-state index is 0.0750. The van der Waals surface area contributed by atoms with Gasteiger partial charge in [0.25, 0.3) is 5.91 Å². The molecular formula is C11H12N2O5. The Morgan fingerprint density at radius 2 is 2.28 bits per heavy atom. The Morgan fingerprint density at radius 1 is 1.56 bits per heavy atom. The SMILES string of the molecule is CC1C(=O)NCCN1C(=O)c1cc(C(=O)O)co1. The van der Waals surface area contributed by atoms with E-state index in [9.17, 15) is 14.4 Å². The number of nitrogens with zero attached hydrogens (tertiary/aromatic N) is 1. The molecule has 7 nitrogen and oxygen atoms in total. The number of carbonyl (C=O) groups excluding carboxylic acids is 2. The number of furan rings is 1. The molecule has 1 saturated heterocycles. The lowest BCUT2D eigenvalue weighted by Gasteiger charge is -2.32. The van der Waals surface area contributed by atoms with Crippen LogP contribution in [0.15, 0.2) is 16.7 Å². The molecule has 1 aliphatic rings. The van der Waals surface area contributed by atoms with Crippen molar-refractivity contribution in [3.05, 3.63) is 23.7 Å². The van der Waals surface area contributed by atoms with Gasteiger partial charge in [0.15, 0.2) is 5.76 Å². The average molecular weight is 252 g/mol. The molecule has 0 saturated carbocycles. The molecule has 0 aromatic carbocycles. The molecule has 1 fully saturated rings. The summed E-state index contributed by atoms with van der Waals surface area (Å²) in [5, 5.41) is 11.4. The summed E-state index contributed by atoms with van der Waals surface area (Å²) in [6, 6.07) is 0.564. The van der Waals surface area contributed by atoms with Crippen LogP contribution in [-0.2, 0) is 4.79 Å². The lowest BCUT2D eigenvalue weighted by Crippen LogP contribution is -2.55. The molecule has 2 amide bonds. The summed E-state index contributed by atoms with van der Waals surface area (Å²) >= 11 is 0. The highest BCUT2D eigenvalue weighted by atomic mass is 16.4. The number of piperazine rings is 1. The van der Waals surface area contributed by atoms with Crippen LogP contribution in [0.25, 0.3) is 0 Å². The fourth-order valence-electron chi connectivity index (χ4n) is 1.76. The molecule has 1 unspecified atom stereocenters. The van der Waals surface area contributed by atoms with E-state index in [-0.39, 0.29) is 17.2 Å². The first-order valence-corrected chi connectivity index (χ1v) is 5.41. The predicted molar refractivity (Wildman–Crippen MR) is 59.2 cm³/mol. The molecule has 1 atom stereocenters. The minimum atomic E-state index is -1.16. The van der Waals surface area contributed by atoms with Gasteiger partial charge in [0, 0.05) is 19.2 Å². The van der Waals surface area contributed by atoms with Crippen LogP contribution in [0, 0.1) is 0 Å². The summed E-state index contributed by atoms with van der Waals surface area (Å²) in [4.78, 5) is 35.5. The number of amides is 2. The lowest BCUT2D eigenvalue weighted by molar-refractivity contribution is -0.127. The first-order chi connectivity index (χ1) is 8.50. The Kier molecular flexibility index (Phi) is 3.05. The predicted octanol–water partition coefficient (Wildman–Crippen LogP) is -0.0617. The van der Waals surface area contributed by atoms with Crippen LogP contribution in [-0.4, -0.2) is 46.9 Å². The first-order valence-electron chi connectivity index (χ1n) is 5.41. The zero-order valence-electron chi connectivity index (χ0n) is 9.67. The van der Waals surface area contributed by atoms with Gasteiger partial charge < -0.3 is 19.7 Å². The van der Waals surface area contributed by atoms with Crippen LogP contribution >= 0.6 is 0 Å². The molecule has 0 radical (unpaired) electrons. The molecule has 7 heteroatoms. The van der Waals surface area contributed by atoms with Gasteiger partial charge in [0.1, 0.15) is 12.3 Å². The van der Waals surface area contributed by atoms with Crippen molar-refractivity contribution in [3.63, 3.8) is 0 Å². The molecular weight excluding hydrogens is 240 g/mol. The summed E-state index contributed by atoms with van der Waals surface area (Å²) in [7, 11) is 0. The van der Waals surface area contributed by atoms with Crippen LogP contribution in [0.3, 0.4) is 0 Å². The number of carboxylic acid groups (broad SMARTS) is 1. The summed E-state index contributed by atoms with van der Waals surface area (Å²) in [6.07, 6.45) is 1.00. The minimum Gasteiger partial charge on any atom is -0.478 e.